The summed E-state index contributed by atoms with van der Waals surface area (Å²) in [6.07, 6.45) is 1.64. The van der Waals surface area contributed by atoms with Crippen LogP contribution in [0, 0.1) is 0 Å². The Balaban J connectivity index is 1.68. The van der Waals surface area contributed by atoms with Crippen molar-refractivity contribution in [2.75, 3.05) is 10.6 Å². The van der Waals surface area contributed by atoms with Crippen molar-refractivity contribution >= 4 is 51.8 Å². The molecule has 2 aromatic heterocycles. The van der Waals surface area contributed by atoms with Crippen molar-refractivity contribution in [2.24, 2.45) is 0 Å². The SMILES string of the molecule is CC(C)(C)c1cc(NC(=O)Nc2cccc(Cl)c2Cl)n(-c2ccc3nc[nH]c3c2)n1. The molecule has 7 nitrogen and oxygen atoms in total. The van der Waals surface area contributed by atoms with Crippen LogP contribution in [-0.2, 0) is 5.41 Å². The minimum Gasteiger partial charge on any atom is -0.345 e. The molecule has 4 rings (SSSR count). The van der Waals surface area contributed by atoms with Crippen molar-refractivity contribution in [3.8, 4) is 5.69 Å². The predicted octanol–water partition coefficient (Wildman–Crippen LogP) is 6.00. The van der Waals surface area contributed by atoms with E-state index in [0.29, 0.717) is 16.5 Å². The van der Waals surface area contributed by atoms with Crippen LogP contribution in [0.25, 0.3) is 16.7 Å². The number of hydrogen-bond acceptors (Lipinski definition) is 3. The molecule has 0 aliphatic heterocycles. The second kappa shape index (κ2) is 7.66. The van der Waals surface area contributed by atoms with Crippen LogP contribution in [0.4, 0.5) is 16.3 Å². The van der Waals surface area contributed by atoms with Crippen molar-refractivity contribution in [3.05, 3.63) is 64.5 Å². The minimum absolute atomic E-state index is 0.202. The van der Waals surface area contributed by atoms with E-state index in [1.807, 2.05) is 24.3 Å². The molecule has 154 valence electrons. The molecule has 0 aliphatic carbocycles. The molecular weight excluding hydrogens is 423 g/mol. The van der Waals surface area contributed by atoms with Crippen LogP contribution in [0.1, 0.15) is 26.5 Å². The molecule has 0 radical (unpaired) electrons. The molecule has 0 aliphatic rings. The first-order valence-electron chi connectivity index (χ1n) is 9.28. The number of fused-ring (bicyclic) bond motifs is 1. The van der Waals surface area contributed by atoms with E-state index < -0.39 is 6.03 Å². The van der Waals surface area contributed by atoms with Gasteiger partial charge in [-0.25, -0.2) is 14.5 Å². The molecule has 9 heteroatoms. The Kier molecular flexibility index (Phi) is 5.17. The standard InChI is InChI=1S/C21H20Cl2N6O/c1-21(2,3)17-10-18(27-20(30)26-15-6-4-5-13(22)19(15)23)29(28-17)12-7-8-14-16(9-12)25-11-24-14/h4-11H,1-3H3,(H,24,25)(H2,26,27,30). The maximum Gasteiger partial charge on any atom is 0.324 e. The topological polar surface area (TPSA) is 87.6 Å². The van der Waals surface area contributed by atoms with E-state index in [9.17, 15) is 4.79 Å². The molecular formula is C21H20Cl2N6O. The monoisotopic (exact) mass is 442 g/mol. The molecule has 0 unspecified atom stereocenters. The lowest BCUT2D eigenvalue weighted by atomic mass is 9.92. The van der Waals surface area contributed by atoms with Gasteiger partial charge in [0.25, 0.3) is 0 Å². The number of imidazole rings is 1. The fourth-order valence-electron chi connectivity index (χ4n) is 2.96. The summed E-state index contributed by atoms with van der Waals surface area (Å²) in [7, 11) is 0. The summed E-state index contributed by atoms with van der Waals surface area (Å²) in [5.41, 5.74) is 3.57. The molecule has 3 N–H and O–H groups in total. The molecule has 0 fully saturated rings. The van der Waals surface area contributed by atoms with Gasteiger partial charge in [0.05, 0.1) is 44.5 Å². The average molecular weight is 443 g/mol. The number of nitrogens with one attached hydrogen (secondary N) is 3. The highest BCUT2D eigenvalue weighted by Crippen LogP contribution is 2.30. The summed E-state index contributed by atoms with van der Waals surface area (Å²) >= 11 is 12.2. The summed E-state index contributed by atoms with van der Waals surface area (Å²) in [4.78, 5) is 20.0. The molecule has 30 heavy (non-hydrogen) atoms. The fourth-order valence-corrected chi connectivity index (χ4v) is 3.31. The molecule has 0 spiro atoms. The van der Waals surface area contributed by atoms with Gasteiger partial charge in [0.1, 0.15) is 5.82 Å². The molecule has 2 amide bonds. The highest BCUT2D eigenvalue weighted by molar-refractivity contribution is 6.44. The Bertz CT molecular complexity index is 1240. The van der Waals surface area contributed by atoms with Crippen LogP contribution in [0.15, 0.2) is 48.8 Å². The van der Waals surface area contributed by atoms with Gasteiger partial charge in [-0.3, -0.25) is 5.32 Å². The maximum absolute atomic E-state index is 12.7. The van der Waals surface area contributed by atoms with Crippen LogP contribution in [0.3, 0.4) is 0 Å². The van der Waals surface area contributed by atoms with E-state index in [4.69, 9.17) is 28.3 Å². The van der Waals surface area contributed by atoms with Gasteiger partial charge in [-0.15, -0.1) is 0 Å². The van der Waals surface area contributed by atoms with E-state index in [2.05, 4.69) is 41.4 Å². The number of carbonyl (C=O) groups is 1. The van der Waals surface area contributed by atoms with Gasteiger partial charge < -0.3 is 10.3 Å². The highest BCUT2D eigenvalue weighted by atomic mass is 35.5. The van der Waals surface area contributed by atoms with Crippen LogP contribution in [0.2, 0.25) is 10.0 Å². The van der Waals surface area contributed by atoms with Gasteiger partial charge in [0.15, 0.2) is 0 Å². The summed E-state index contributed by atoms with van der Waals surface area (Å²) in [5.74, 6) is 0.523. The molecule has 0 bridgehead atoms. The lowest BCUT2D eigenvalue weighted by Gasteiger charge is -2.14. The molecule has 0 saturated heterocycles. The quantitative estimate of drug-likeness (QED) is 0.363. The number of rotatable bonds is 3. The number of aromatic amines is 1. The Labute approximate surface area is 183 Å². The maximum atomic E-state index is 12.7. The van der Waals surface area contributed by atoms with Gasteiger partial charge >= 0.3 is 6.03 Å². The summed E-state index contributed by atoms with van der Waals surface area (Å²) in [6, 6.07) is 12.2. The molecule has 0 atom stereocenters. The Morgan fingerprint density at radius 1 is 1.10 bits per heavy atom. The molecule has 2 aromatic carbocycles. The van der Waals surface area contributed by atoms with Gasteiger partial charge in [-0.2, -0.15) is 5.10 Å². The number of urea groups is 1. The Hall–Kier alpha value is -3.03. The highest BCUT2D eigenvalue weighted by Gasteiger charge is 2.22. The first-order valence-corrected chi connectivity index (χ1v) is 10.0. The summed E-state index contributed by atoms with van der Waals surface area (Å²) in [5, 5.41) is 11.0. The zero-order chi connectivity index (χ0) is 21.5. The number of hydrogen-bond donors (Lipinski definition) is 3. The van der Waals surface area contributed by atoms with Crippen LogP contribution in [-0.4, -0.2) is 25.8 Å². The zero-order valence-electron chi connectivity index (χ0n) is 16.6. The van der Waals surface area contributed by atoms with Crippen molar-refractivity contribution < 1.29 is 4.79 Å². The average Bonchev–Trinajstić information content (AvgIpc) is 3.31. The predicted molar refractivity (Wildman–Crippen MR) is 121 cm³/mol. The number of benzene rings is 2. The van der Waals surface area contributed by atoms with E-state index in [1.165, 1.54) is 0 Å². The van der Waals surface area contributed by atoms with Gasteiger partial charge in [0.2, 0.25) is 0 Å². The number of aromatic nitrogens is 4. The second-order valence-corrected chi connectivity index (χ2v) is 8.65. The number of anilines is 2. The van der Waals surface area contributed by atoms with Crippen molar-refractivity contribution in [1.29, 1.82) is 0 Å². The zero-order valence-corrected chi connectivity index (χ0v) is 18.1. The van der Waals surface area contributed by atoms with Crippen LogP contribution >= 0.6 is 23.2 Å². The van der Waals surface area contributed by atoms with E-state index in [0.717, 1.165) is 22.4 Å². The first-order chi connectivity index (χ1) is 14.2. The van der Waals surface area contributed by atoms with Gasteiger partial charge in [-0.1, -0.05) is 50.0 Å². The first kappa shape index (κ1) is 20.3. The smallest absolute Gasteiger partial charge is 0.324 e. The fraction of sp³-hybridized carbons (Fsp3) is 0.190. The van der Waals surface area contributed by atoms with Crippen molar-refractivity contribution in [2.45, 2.75) is 26.2 Å². The van der Waals surface area contributed by atoms with E-state index >= 15 is 0 Å². The summed E-state index contributed by atoms with van der Waals surface area (Å²) in [6.45, 7) is 6.19. The number of amides is 2. The largest absolute Gasteiger partial charge is 0.345 e. The molecule has 4 aromatic rings. The van der Waals surface area contributed by atoms with Crippen molar-refractivity contribution in [3.63, 3.8) is 0 Å². The lowest BCUT2D eigenvalue weighted by molar-refractivity contribution is 0.262. The third-order valence-electron chi connectivity index (χ3n) is 4.57. The molecule has 2 heterocycles. The minimum atomic E-state index is -0.455. The number of halogens is 2. The Morgan fingerprint density at radius 3 is 2.67 bits per heavy atom. The van der Waals surface area contributed by atoms with Gasteiger partial charge in [-0.05, 0) is 30.3 Å². The summed E-state index contributed by atoms with van der Waals surface area (Å²) < 4.78 is 1.69. The lowest BCUT2D eigenvalue weighted by Crippen LogP contribution is -2.21. The second-order valence-electron chi connectivity index (χ2n) is 7.86. The molecule has 0 saturated carbocycles. The number of carbonyl (C=O) groups excluding carboxylic acids is 1. The number of H-pyrrole nitrogens is 1. The van der Waals surface area contributed by atoms with E-state index in [1.54, 1.807) is 29.2 Å². The number of nitrogens with zero attached hydrogens (tertiary/aromatic N) is 3. The van der Waals surface area contributed by atoms with Crippen LogP contribution in [0.5, 0.6) is 0 Å². The normalized spacial score (nSPS) is 11.6. The Morgan fingerprint density at radius 2 is 1.90 bits per heavy atom. The van der Waals surface area contributed by atoms with Crippen molar-refractivity contribution in [1.82, 2.24) is 19.7 Å². The third kappa shape index (κ3) is 3.99. The van der Waals surface area contributed by atoms with E-state index in [-0.39, 0.29) is 10.4 Å². The van der Waals surface area contributed by atoms with Gasteiger partial charge in [0, 0.05) is 11.5 Å². The third-order valence-corrected chi connectivity index (χ3v) is 5.39. The van der Waals surface area contributed by atoms with Crippen LogP contribution < -0.4 is 10.6 Å².